The smallest absolute Gasteiger partial charge is 0.0725 e. The molecule has 0 atom stereocenters. The summed E-state index contributed by atoms with van der Waals surface area (Å²) in [7, 11) is 0. The van der Waals surface area contributed by atoms with E-state index in [9.17, 15) is 0 Å². The highest BCUT2D eigenvalue weighted by Crippen LogP contribution is 2.25. The molecule has 4 heteroatoms. The van der Waals surface area contributed by atoms with Crippen LogP contribution >= 0.6 is 27.3 Å². The lowest BCUT2D eigenvalue weighted by Crippen LogP contribution is -1.98. The van der Waals surface area contributed by atoms with Crippen molar-refractivity contribution in [3.8, 4) is 0 Å². The van der Waals surface area contributed by atoms with Crippen LogP contribution < -0.4 is 5.32 Å². The number of benzene rings is 1. The van der Waals surface area contributed by atoms with Crippen LogP contribution in [0.5, 0.6) is 0 Å². The zero-order chi connectivity index (χ0) is 11.7. The zero-order valence-electron chi connectivity index (χ0n) is 9.20. The van der Waals surface area contributed by atoms with Crippen molar-refractivity contribution in [2.24, 2.45) is 0 Å². The van der Waals surface area contributed by atoms with E-state index in [4.69, 9.17) is 4.74 Å². The van der Waals surface area contributed by atoms with Crippen LogP contribution in [0.1, 0.15) is 16.0 Å². The molecule has 0 fully saturated rings. The Morgan fingerprint density at radius 2 is 2.06 bits per heavy atom. The van der Waals surface area contributed by atoms with E-state index in [2.05, 4.69) is 51.6 Å². The van der Waals surface area contributed by atoms with Gasteiger partial charge in [-0.3, -0.25) is 0 Å². The van der Waals surface area contributed by atoms with E-state index < -0.39 is 0 Å². The highest BCUT2D eigenvalue weighted by Gasteiger charge is 2.10. The number of anilines is 1. The zero-order valence-corrected chi connectivity index (χ0v) is 11.6. The highest BCUT2D eigenvalue weighted by atomic mass is 79.9. The van der Waals surface area contributed by atoms with Crippen LogP contribution in [0.15, 0.2) is 34.1 Å². The lowest BCUT2D eigenvalue weighted by atomic mass is 10.1. The summed E-state index contributed by atoms with van der Waals surface area (Å²) in [6.07, 6.45) is 0. The minimum Gasteiger partial charge on any atom is -0.380 e. The van der Waals surface area contributed by atoms with Crippen LogP contribution in [0.3, 0.4) is 0 Å². The molecule has 0 bridgehead atoms. The number of ether oxygens (including phenoxy) is 1. The number of halogens is 1. The second-order valence-corrected chi connectivity index (χ2v) is 6.58. The van der Waals surface area contributed by atoms with Crippen LogP contribution in [0.25, 0.3) is 0 Å². The normalized spacial score (nSPS) is 13.7. The van der Waals surface area contributed by atoms with E-state index in [-0.39, 0.29) is 0 Å². The minimum absolute atomic E-state index is 0.745. The number of thiophene rings is 1. The second kappa shape index (κ2) is 4.80. The topological polar surface area (TPSA) is 21.3 Å². The van der Waals surface area contributed by atoms with Crippen LogP contribution in [0.2, 0.25) is 0 Å². The number of hydrogen-bond acceptors (Lipinski definition) is 3. The summed E-state index contributed by atoms with van der Waals surface area (Å²) in [5.74, 6) is 0. The van der Waals surface area contributed by atoms with Gasteiger partial charge in [-0.05, 0) is 51.3 Å². The average Bonchev–Trinajstić information content (AvgIpc) is 2.94. The van der Waals surface area contributed by atoms with Gasteiger partial charge >= 0.3 is 0 Å². The lowest BCUT2D eigenvalue weighted by molar-refractivity contribution is 0.134. The van der Waals surface area contributed by atoms with Gasteiger partial charge in [0.25, 0.3) is 0 Å². The fraction of sp³-hybridized carbons (Fsp3) is 0.231. The maximum Gasteiger partial charge on any atom is 0.0725 e. The van der Waals surface area contributed by atoms with Crippen molar-refractivity contribution < 1.29 is 4.74 Å². The summed E-state index contributed by atoms with van der Waals surface area (Å²) in [6.45, 7) is 2.37. The Labute approximate surface area is 113 Å². The Kier molecular flexibility index (Phi) is 3.18. The van der Waals surface area contributed by atoms with Gasteiger partial charge in [0.05, 0.1) is 17.0 Å². The molecule has 2 nitrogen and oxygen atoms in total. The van der Waals surface area contributed by atoms with Gasteiger partial charge in [-0.1, -0.05) is 6.07 Å². The molecule has 0 saturated heterocycles. The van der Waals surface area contributed by atoms with Gasteiger partial charge in [0.2, 0.25) is 0 Å². The molecule has 0 unspecified atom stereocenters. The van der Waals surface area contributed by atoms with Gasteiger partial charge in [-0.15, -0.1) is 11.3 Å². The van der Waals surface area contributed by atoms with Gasteiger partial charge in [0.15, 0.2) is 0 Å². The molecule has 1 aromatic heterocycles. The van der Waals surface area contributed by atoms with Crippen LogP contribution in [0.4, 0.5) is 5.69 Å². The number of fused-ring (bicyclic) bond motifs is 1. The Hall–Kier alpha value is -0.840. The Bertz CT molecular complexity index is 538. The lowest BCUT2D eigenvalue weighted by Gasteiger charge is -2.06. The molecule has 0 amide bonds. The molecule has 0 aliphatic carbocycles. The fourth-order valence-electron chi connectivity index (χ4n) is 1.92. The van der Waals surface area contributed by atoms with Crippen molar-refractivity contribution in [2.75, 3.05) is 5.32 Å². The number of rotatable bonds is 3. The average molecular weight is 310 g/mol. The molecule has 1 aliphatic heterocycles. The second-order valence-electron chi connectivity index (χ2n) is 4.04. The SMILES string of the molecule is Brc1ccc(CNc2ccc3c(c2)COC3)s1. The molecule has 17 heavy (non-hydrogen) atoms. The molecule has 1 N–H and O–H groups in total. The van der Waals surface area contributed by atoms with Crippen LogP contribution in [0, 0.1) is 0 Å². The van der Waals surface area contributed by atoms with E-state index in [0.717, 1.165) is 19.8 Å². The Morgan fingerprint density at radius 3 is 2.88 bits per heavy atom. The molecule has 3 rings (SSSR count). The van der Waals surface area contributed by atoms with E-state index in [1.54, 1.807) is 11.3 Å². The molecule has 1 aliphatic rings. The fourth-order valence-corrected chi connectivity index (χ4v) is 3.34. The van der Waals surface area contributed by atoms with Crippen LogP contribution in [-0.4, -0.2) is 0 Å². The van der Waals surface area contributed by atoms with E-state index >= 15 is 0 Å². The Morgan fingerprint density at radius 1 is 1.18 bits per heavy atom. The summed E-state index contributed by atoms with van der Waals surface area (Å²) in [5.41, 5.74) is 3.79. The molecule has 88 valence electrons. The molecule has 1 aromatic carbocycles. The molecule has 0 spiro atoms. The van der Waals surface area contributed by atoms with Crippen molar-refractivity contribution >= 4 is 33.0 Å². The molecular weight excluding hydrogens is 298 g/mol. The van der Waals surface area contributed by atoms with E-state index in [0.29, 0.717) is 0 Å². The van der Waals surface area contributed by atoms with Gasteiger partial charge in [-0.25, -0.2) is 0 Å². The first-order chi connectivity index (χ1) is 8.31. The first-order valence-corrected chi connectivity index (χ1v) is 7.10. The summed E-state index contributed by atoms with van der Waals surface area (Å²) in [5, 5.41) is 3.44. The molecule has 2 heterocycles. The standard InChI is InChI=1S/C13H12BrNOS/c14-13-4-3-12(17-13)6-15-11-2-1-9-7-16-8-10(9)5-11/h1-5,15H,6-8H2. The van der Waals surface area contributed by atoms with Gasteiger partial charge in [-0.2, -0.15) is 0 Å². The van der Waals surface area contributed by atoms with Gasteiger partial charge in [0.1, 0.15) is 0 Å². The summed E-state index contributed by atoms with van der Waals surface area (Å²) in [4.78, 5) is 1.33. The summed E-state index contributed by atoms with van der Waals surface area (Å²) < 4.78 is 6.58. The predicted molar refractivity (Wildman–Crippen MR) is 74.3 cm³/mol. The third-order valence-electron chi connectivity index (χ3n) is 2.82. The first-order valence-electron chi connectivity index (χ1n) is 5.49. The Balaban J connectivity index is 1.69. The van der Waals surface area contributed by atoms with Gasteiger partial charge < -0.3 is 10.1 Å². The van der Waals surface area contributed by atoms with E-state index in [1.165, 1.54) is 25.5 Å². The van der Waals surface area contributed by atoms with Crippen molar-refractivity contribution in [3.05, 3.63) is 50.1 Å². The quantitative estimate of drug-likeness (QED) is 0.919. The molecular formula is C13H12BrNOS. The van der Waals surface area contributed by atoms with Crippen molar-refractivity contribution in [1.82, 2.24) is 0 Å². The highest BCUT2D eigenvalue weighted by molar-refractivity contribution is 9.11. The first kappa shape index (κ1) is 11.3. The van der Waals surface area contributed by atoms with Crippen LogP contribution in [-0.2, 0) is 24.5 Å². The summed E-state index contributed by atoms with van der Waals surface area (Å²) in [6, 6.07) is 10.7. The molecule has 2 aromatic rings. The molecule has 0 saturated carbocycles. The third-order valence-corrected chi connectivity index (χ3v) is 4.44. The summed E-state index contributed by atoms with van der Waals surface area (Å²) >= 11 is 5.24. The minimum atomic E-state index is 0.745. The molecule has 0 radical (unpaired) electrons. The monoisotopic (exact) mass is 309 g/mol. The van der Waals surface area contributed by atoms with Crippen molar-refractivity contribution in [1.29, 1.82) is 0 Å². The number of hydrogen-bond donors (Lipinski definition) is 1. The van der Waals surface area contributed by atoms with E-state index in [1.807, 2.05) is 0 Å². The van der Waals surface area contributed by atoms with Gasteiger partial charge in [0, 0.05) is 17.1 Å². The van der Waals surface area contributed by atoms with Crippen molar-refractivity contribution in [3.63, 3.8) is 0 Å². The maximum atomic E-state index is 5.40. The number of nitrogens with one attached hydrogen (secondary N) is 1. The predicted octanol–water partition coefficient (Wildman–Crippen LogP) is 4.15. The third kappa shape index (κ3) is 2.54. The van der Waals surface area contributed by atoms with Crippen molar-refractivity contribution in [2.45, 2.75) is 19.8 Å². The maximum absolute atomic E-state index is 5.40. The largest absolute Gasteiger partial charge is 0.380 e.